The van der Waals surface area contributed by atoms with Gasteiger partial charge >= 0.3 is 0 Å². The molecule has 136 valence electrons. The van der Waals surface area contributed by atoms with Gasteiger partial charge in [-0.2, -0.15) is 8.42 Å². The lowest BCUT2D eigenvalue weighted by Crippen LogP contribution is -2.42. The number of carbonyl (C=O) groups excluding carboxylic acids is 1. The van der Waals surface area contributed by atoms with Gasteiger partial charge in [0.15, 0.2) is 9.84 Å². The van der Waals surface area contributed by atoms with Gasteiger partial charge in [0.1, 0.15) is 17.0 Å². The molecule has 2 aliphatic heterocycles. The van der Waals surface area contributed by atoms with Crippen molar-refractivity contribution in [3.63, 3.8) is 0 Å². The Hall–Kier alpha value is -1.94. The number of rotatable bonds is 3. The zero-order valence-electron chi connectivity index (χ0n) is 13.7. The van der Waals surface area contributed by atoms with Gasteiger partial charge in [-0.05, 0) is 37.0 Å². The molecule has 1 aromatic carbocycles. The number of piperidine rings is 1. The average Bonchev–Trinajstić information content (AvgIpc) is 2.54. The molecule has 1 N–H and O–H groups in total. The highest BCUT2D eigenvalue weighted by Gasteiger charge is 2.29. The number of amides is 1. The lowest BCUT2D eigenvalue weighted by Gasteiger charge is -2.30. The number of anilines is 1. The summed E-state index contributed by atoms with van der Waals surface area (Å²) in [4.78, 5) is 13.5. The molecule has 1 fully saturated rings. The second-order valence-corrected chi connectivity index (χ2v) is 9.95. The Morgan fingerprint density at radius 2 is 2.16 bits per heavy atom. The Balaban J connectivity index is 1.85. The summed E-state index contributed by atoms with van der Waals surface area (Å²) in [6, 6.07) is 3.70. The number of sulfonamides is 1. The van der Waals surface area contributed by atoms with Gasteiger partial charge in [-0.25, -0.2) is 8.42 Å². The van der Waals surface area contributed by atoms with Crippen LogP contribution >= 0.6 is 0 Å². The van der Waals surface area contributed by atoms with Crippen LogP contribution < -0.4 is 5.32 Å². The first-order valence-electron chi connectivity index (χ1n) is 7.89. The molecule has 0 radical (unpaired) electrons. The molecule has 0 spiro atoms. The van der Waals surface area contributed by atoms with Gasteiger partial charge in [0.05, 0.1) is 10.6 Å². The van der Waals surface area contributed by atoms with Gasteiger partial charge in [-0.3, -0.25) is 4.79 Å². The van der Waals surface area contributed by atoms with Crippen molar-refractivity contribution in [3.8, 4) is 0 Å². The van der Waals surface area contributed by atoms with Crippen molar-refractivity contribution in [2.45, 2.75) is 29.6 Å². The highest BCUT2D eigenvalue weighted by atomic mass is 32.2. The number of nitrogens with zero attached hydrogens (tertiary/aromatic N) is 2. The fourth-order valence-electron chi connectivity index (χ4n) is 3.00. The summed E-state index contributed by atoms with van der Waals surface area (Å²) in [5.74, 6) is -0.781. The van der Waals surface area contributed by atoms with Crippen molar-refractivity contribution < 1.29 is 21.6 Å². The van der Waals surface area contributed by atoms with Crippen LogP contribution in [-0.4, -0.2) is 52.8 Å². The molecule has 0 unspecified atom stereocenters. The lowest BCUT2D eigenvalue weighted by atomic mass is 10.0. The number of likely N-dealkylation sites (tertiary alicyclic amines) is 1. The molecular formula is C15H19N3O5S2. The maximum absolute atomic E-state index is 12.6. The van der Waals surface area contributed by atoms with Crippen molar-refractivity contribution in [3.05, 3.63) is 18.2 Å². The van der Waals surface area contributed by atoms with E-state index in [2.05, 4.69) is 9.71 Å². The molecule has 10 heteroatoms. The number of sulfone groups is 1. The first-order chi connectivity index (χ1) is 11.7. The second-order valence-electron chi connectivity index (χ2n) is 6.36. The van der Waals surface area contributed by atoms with Crippen molar-refractivity contribution in [2.75, 3.05) is 24.2 Å². The lowest BCUT2D eigenvalue weighted by molar-refractivity contribution is -0.130. The molecule has 1 aromatic rings. The monoisotopic (exact) mass is 385 g/mol. The van der Waals surface area contributed by atoms with E-state index < -0.39 is 31.5 Å². The summed E-state index contributed by atoms with van der Waals surface area (Å²) in [7, 11) is -7.88. The maximum Gasteiger partial charge on any atom is 0.285 e. The number of nitrogens with one attached hydrogen (secondary N) is 1. The normalized spacial score (nSPS) is 22.1. The van der Waals surface area contributed by atoms with E-state index in [1.54, 1.807) is 4.90 Å². The summed E-state index contributed by atoms with van der Waals surface area (Å²) >= 11 is 0. The van der Waals surface area contributed by atoms with E-state index in [0.717, 1.165) is 25.2 Å². The van der Waals surface area contributed by atoms with Crippen molar-refractivity contribution in [1.82, 2.24) is 4.90 Å². The van der Waals surface area contributed by atoms with Gasteiger partial charge in [0, 0.05) is 13.1 Å². The minimum absolute atomic E-state index is 0.202. The fraction of sp³-hybridized carbons (Fsp3) is 0.467. The minimum atomic E-state index is -3.95. The van der Waals surface area contributed by atoms with E-state index in [9.17, 15) is 21.6 Å². The standard InChI is InChI=1S/C15H19N3O5S2/c1-11-3-2-6-18(8-11)15(19)9-24(20,21)12-4-5-13-14(7-12)25(22,23)17-10-16-13/h4-5,7,10-11H,2-3,6,8-9H2,1H3,(H,16,17)/t11-/m1/s1. The Labute approximate surface area is 146 Å². The van der Waals surface area contributed by atoms with Gasteiger partial charge < -0.3 is 10.2 Å². The molecule has 3 rings (SSSR count). The number of carbonyl (C=O) groups is 1. The van der Waals surface area contributed by atoms with Crippen LogP contribution in [0, 0.1) is 5.92 Å². The molecule has 0 aliphatic carbocycles. The Bertz CT molecular complexity index is 938. The van der Waals surface area contributed by atoms with Crippen LogP contribution in [0.4, 0.5) is 5.69 Å². The molecule has 1 amide bonds. The highest BCUT2D eigenvalue weighted by molar-refractivity contribution is 7.92. The number of hydrogen-bond donors (Lipinski definition) is 1. The van der Waals surface area contributed by atoms with Crippen molar-refractivity contribution in [1.29, 1.82) is 0 Å². The third-order valence-corrected chi connectivity index (χ3v) is 7.20. The van der Waals surface area contributed by atoms with Gasteiger partial charge in [-0.15, -0.1) is 4.40 Å². The number of hydrogen-bond acceptors (Lipinski definition) is 6. The maximum atomic E-state index is 12.6. The molecule has 0 saturated carbocycles. The van der Waals surface area contributed by atoms with Crippen LogP contribution in [0.15, 0.2) is 32.4 Å². The van der Waals surface area contributed by atoms with Crippen LogP contribution in [0.25, 0.3) is 0 Å². The third kappa shape index (κ3) is 3.69. The van der Waals surface area contributed by atoms with Crippen LogP contribution in [0.5, 0.6) is 0 Å². The van der Waals surface area contributed by atoms with Gasteiger partial charge in [0.25, 0.3) is 10.0 Å². The van der Waals surface area contributed by atoms with Crippen LogP contribution in [0.1, 0.15) is 19.8 Å². The smallest absolute Gasteiger partial charge is 0.285 e. The van der Waals surface area contributed by atoms with E-state index >= 15 is 0 Å². The molecule has 8 nitrogen and oxygen atoms in total. The number of fused-ring (bicyclic) bond motifs is 1. The van der Waals surface area contributed by atoms with Crippen molar-refractivity contribution >= 4 is 37.8 Å². The van der Waals surface area contributed by atoms with E-state index in [1.807, 2.05) is 6.92 Å². The predicted molar refractivity (Wildman–Crippen MR) is 92.8 cm³/mol. The molecule has 0 bridgehead atoms. The summed E-state index contributed by atoms with van der Waals surface area (Å²) in [6.45, 7) is 3.12. The number of benzene rings is 1. The largest absolute Gasteiger partial charge is 0.345 e. The first kappa shape index (κ1) is 17.9. The summed E-state index contributed by atoms with van der Waals surface area (Å²) < 4.78 is 52.4. The van der Waals surface area contributed by atoms with E-state index in [1.165, 1.54) is 12.1 Å². The Morgan fingerprint density at radius 3 is 2.88 bits per heavy atom. The molecule has 2 aliphatic rings. The van der Waals surface area contributed by atoms with Crippen molar-refractivity contribution in [2.24, 2.45) is 10.3 Å². The molecule has 1 saturated heterocycles. The first-order valence-corrected chi connectivity index (χ1v) is 11.0. The second kappa shape index (κ2) is 6.41. The average molecular weight is 385 g/mol. The SMILES string of the molecule is C[C@@H]1CCCN(C(=O)CS(=O)(=O)c2ccc3c(c2)S(=O)(=O)N=CN3)C1. The van der Waals surface area contributed by atoms with Crippen LogP contribution in [-0.2, 0) is 24.7 Å². The van der Waals surface area contributed by atoms with Gasteiger partial charge in [0.2, 0.25) is 5.91 Å². The zero-order valence-corrected chi connectivity index (χ0v) is 15.3. The molecule has 1 atom stereocenters. The highest BCUT2D eigenvalue weighted by Crippen LogP contribution is 2.29. The minimum Gasteiger partial charge on any atom is -0.345 e. The van der Waals surface area contributed by atoms with Crippen LogP contribution in [0.2, 0.25) is 0 Å². The topological polar surface area (TPSA) is 113 Å². The molecule has 0 aromatic heterocycles. The summed E-state index contributed by atoms with van der Waals surface area (Å²) in [6.07, 6.45) is 2.91. The van der Waals surface area contributed by atoms with Crippen LogP contribution in [0.3, 0.4) is 0 Å². The van der Waals surface area contributed by atoms with E-state index in [0.29, 0.717) is 19.0 Å². The summed E-state index contributed by atoms with van der Waals surface area (Å²) in [5.41, 5.74) is 0.255. The third-order valence-electron chi connectivity index (χ3n) is 4.32. The fourth-order valence-corrected chi connectivity index (χ4v) is 5.31. The van der Waals surface area contributed by atoms with E-state index in [-0.39, 0.29) is 15.5 Å². The Morgan fingerprint density at radius 1 is 1.40 bits per heavy atom. The van der Waals surface area contributed by atoms with Gasteiger partial charge in [-0.1, -0.05) is 6.92 Å². The molecule has 25 heavy (non-hydrogen) atoms. The predicted octanol–water partition coefficient (Wildman–Crippen LogP) is 0.861. The zero-order chi connectivity index (χ0) is 18.2. The summed E-state index contributed by atoms with van der Waals surface area (Å²) in [5, 5.41) is 2.65. The Kier molecular flexibility index (Phi) is 4.58. The molecular weight excluding hydrogens is 366 g/mol. The quantitative estimate of drug-likeness (QED) is 0.826. The molecule has 2 heterocycles. The van der Waals surface area contributed by atoms with E-state index in [4.69, 9.17) is 0 Å².